The number of hydrogen-bond acceptors (Lipinski definition) is 3. The molecule has 1 saturated heterocycles. The summed E-state index contributed by atoms with van der Waals surface area (Å²) >= 11 is 0. The van der Waals surface area contributed by atoms with Crippen molar-refractivity contribution in [3.05, 3.63) is 59.7 Å². The average Bonchev–Trinajstić information content (AvgIpc) is 3.46. The molecule has 0 unspecified atom stereocenters. The van der Waals surface area contributed by atoms with Crippen LogP contribution in [0.25, 0.3) is 0 Å². The molecule has 2 fully saturated rings. The first-order chi connectivity index (χ1) is 15.7. The van der Waals surface area contributed by atoms with Gasteiger partial charge in [-0.2, -0.15) is 0 Å². The quantitative estimate of drug-likeness (QED) is 0.600. The molecule has 2 heterocycles. The first-order valence-electron chi connectivity index (χ1n) is 12.4. The van der Waals surface area contributed by atoms with Crippen LogP contribution < -0.4 is 9.64 Å². The normalized spacial score (nSPS) is 20.6. The van der Waals surface area contributed by atoms with E-state index in [-0.39, 0.29) is 5.41 Å². The molecule has 1 amide bonds. The predicted octanol–water partition coefficient (Wildman–Crippen LogP) is 5.55. The number of rotatable bonds is 6. The molecule has 170 valence electrons. The summed E-state index contributed by atoms with van der Waals surface area (Å²) in [6.45, 7) is 3.97. The molecule has 1 spiro atoms. The molecule has 5 rings (SSSR count). The van der Waals surface area contributed by atoms with Crippen molar-refractivity contribution < 1.29 is 9.53 Å². The monoisotopic (exact) mass is 432 g/mol. The molecule has 3 aliphatic rings. The maximum Gasteiger partial charge on any atom is 0.227 e. The Balaban J connectivity index is 1.31. The Kier molecular flexibility index (Phi) is 6.23. The van der Waals surface area contributed by atoms with E-state index in [1.807, 2.05) is 6.07 Å². The Labute approximate surface area is 192 Å². The second-order valence-electron chi connectivity index (χ2n) is 10.1. The minimum Gasteiger partial charge on any atom is -0.497 e. The highest BCUT2D eigenvalue weighted by molar-refractivity contribution is 5.96. The number of piperidine rings is 1. The van der Waals surface area contributed by atoms with Crippen LogP contribution in [0.15, 0.2) is 48.5 Å². The van der Waals surface area contributed by atoms with Crippen molar-refractivity contribution in [1.29, 1.82) is 0 Å². The van der Waals surface area contributed by atoms with E-state index in [1.54, 1.807) is 7.11 Å². The van der Waals surface area contributed by atoms with Crippen molar-refractivity contribution in [1.82, 2.24) is 4.90 Å². The van der Waals surface area contributed by atoms with Gasteiger partial charge in [0, 0.05) is 30.6 Å². The zero-order valence-electron chi connectivity index (χ0n) is 19.4. The molecule has 4 nitrogen and oxygen atoms in total. The van der Waals surface area contributed by atoms with Gasteiger partial charge in [0.2, 0.25) is 5.91 Å². The molecule has 4 heteroatoms. The molecule has 1 saturated carbocycles. The Hall–Kier alpha value is -2.33. The second-order valence-corrected chi connectivity index (χ2v) is 10.1. The lowest BCUT2D eigenvalue weighted by Crippen LogP contribution is -2.45. The summed E-state index contributed by atoms with van der Waals surface area (Å²) in [5.74, 6) is 1.97. The first kappa shape index (κ1) is 21.5. The van der Waals surface area contributed by atoms with Gasteiger partial charge >= 0.3 is 0 Å². The van der Waals surface area contributed by atoms with Gasteiger partial charge in [0.15, 0.2) is 0 Å². The van der Waals surface area contributed by atoms with Gasteiger partial charge in [-0.25, -0.2) is 0 Å². The number of benzene rings is 2. The van der Waals surface area contributed by atoms with Gasteiger partial charge in [-0.15, -0.1) is 0 Å². The van der Waals surface area contributed by atoms with Crippen molar-refractivity contribution >= 4 is 11.6 Å². The molecule has 32 heavy (non-hydrogen) atoms. The molecule has 0 N–H and O–H groups in total. The molecule has 2 aromatic rings. The predicted molar refractivity (Wildman–Crippen MR) is 129 cm³/mol. The highest BCUT2D eigenvalue weighted by Gasteiger charge is 2.46. The minimum absolute atomic E-state index is 0.0556. The van der Waals surface area contributed by atoms with Crippen molar-refractivity contribution in [3.63, 3.8) is 0 Å². The zero-order valence-corrected chi connectivity index (χ0v) is 19.4. The lowest BCUT2D eigenvalue weighted by atomic mass is 9.74. The van der Waals surface area contributed by atoms with Crippen LogP contribution in [-0.4, -0.2) is 37.6 Å². The summed E-state index contributed by atoms with van der Waals surface area (Å²) in [5.41, 5.74) is 3.88. The van der Waals surface area contributed by atoms with Gasteiger partial charge in [0.05, 0.1) is 7.11 Å². The van der Waals surface area contributed by atoms with E-state index in [9.17, 15) is 4.79 Å². The van der Waals surface area contributed by atoms with E-state index in [4.69, 9.17) is 4.74 Å². The van der Waals surface area contributed by atoms with Gasteiger partial charge in [0.1, 0.15) is 5.75 Å². The smallest absolute Gasteiger partial charge is 0.227 e. The lowest BCUT2D eigenvalue weighted by Gasteiger charge is -2.40. The Bertz CT molecular complexity index is 928. The van der Waals surface area contributed by atoms with Gasteiger partial charge in [0.25, 0.3) is 0 Å². The Morgan fingerprint density at radius 1 is 1.06 bits per heavy atom. The van der Waals surface area contributed by atoms with Crippen LogP contribution in [0.2, 0.25) is 0 Å². The fraction of sp³-hybridized carbons (Fsp3) is 0.536. The minimum atomic E-state index is 0.0556. The number of nitrogens with zero attached hydrogens (tertiary/aromatic N) is 2. The van der Waals surface area contributed by atoms with Crippen LogP contribution in [-0.2, 0) is 16.8 Å². The fourth-order valence-corrected chi connectivity index (χ4v) is 6.17. The largest absolute Gasteiger partial charge is 0.497 e. The van der Waals surface area contributed by atoms with Crippen LogP contribution in [0.3, 0.4) is 0 Å². The maximum atomic E-state index is 13.3. The number of methoxy groups -OCH3 is 1. The summed E-state index contributed by atoms with van der Waals surface area (Å²) in [6.07, 6.45) is 9.22. The standard InChI is InChI=1S/C28H36N2O2/c1-32-24-12-13-26-25(19-24)28(21-30(26)27(31)14-11-22-7-5-6-8-22)15-17-29(18-16-28)20-23-9-3-2-4-10-23/h2-4,9-10,12-13,19,22H,5-8,11,14-18,20-21H2,1H3. The van der Waals surface area contributed by atoms with Gasteiger partial charge in [-0.3, -0.25) is 9.69 Å². The Morgan fingerprint density at radius 3 is 2.53 bits per heavy atom. The summed E-state index contributed by atoms with van der Waals surface area (Å²) in [6, 6.07) is 17.1. The second kappa shape index (κ2) is 9.27. The lowest BCUT2D eigenvalue weighted by molar-refractivity contribution is -0.119. The molecule has 0 atom stereocenters. The van der Waals surface area contributed by atoms with Crippen LogP contribution in [0.4, 0.5) is 5.69 Å². The van der Waals surface area contributed by atoms with E-state index in [0.29, 0.717) is 12.3 Å². The molecule has 0 radical (unpaired) electrons. The van der Waals surface area contributed by atoms with Crippen molar-refractivity contribution in [2.24, 2.45) is 5.92 Å². The number of carbonyl (C=O) groups excluding carboxylic acids is 1. The van der Waals surface area contributed by atoms with E-state index < -0.39 is 0 Å². The third kappa shape index (κ3) is 4.30. The van der Waals surface area contributed by atoms with Gasteiger partial charge < -0.3 is 9.64 Å². The molecule has 0 bridgehead atoms. The highest BCUT2D eigenvalue weighted by atomic mass is 16.5. The zero-order chi connectivity index (χ0) is 22.0. The van der Waals surface area contributed by atoms with Gasteiger partial charge in [-0.1, -0.05) is 56.0 Å². The number of carbonyl (C=O) groups is 1. The molecular weight excluding hydrogens is 396 g/mol. The number of likely N-dealkylation sites (tertiary alicyclic amines) is 1. The molecule has 1 aliphatic carbocycles. The van der Waals surface area contributed by atoms with E-state index in [1.165, 1.54) is 36.8 Å². The number of anilines is 1. The van der Waals surface area contributed by atoms with Crippen molar-refractivity contribution in [3.8, 4) is 5.75 Å². The van der Waals surface area contributed by atoms with E-state index in [2.05, 4.69) is 52.3 Å². The number of amides is 1. The number of hydrogen-bond donors (Lipinski definition) is 0. The maximum absolute atomic E-state index is 13.3. The summed E-state index contributed by atoms with van der Waals surface area (Å²) in [7, 11) is 1.73. The third-order valence-corrected chi connectivity index (χ3v) is 8.13. The van der Waals surface area contributed by atoms with Crippen molar-refractivity contribution in [2.45, 2.75) is 63.3 Å². The van der Waals surface area contributed by atoms with Gasteiger partial charge in [-0.05, 0) is 67.6 Å². The summed E-state index contributed by atoms with van der Waals surface area (Å²) in [5, 5.41) is 0. The first-order valence-corrected chi connectivity index (χ1v) is 12.4. The topological polar surface area (TPSA) is 32.8 Å². The van der Waals surface area contributed by atoms with E-state index >= 15 is 0 Å². The van der Waals surface area contributed by atoms with Crippen LogP contribution in [0.1, 0.15) is 62.5 Å². The Morgan fingerprint density at radius 2 is 1.81 bits per heavy atom. The van der Waals surface area contributed by atoms with Crippen LogP contribution in [0.5, 0.6) is 5.75 Å². The van der Waals surface area contributed by atoms with Crippen LogP contribution in [0, 0.1) is 5.92 Å². The molecule has 2 aromatic carbocycles. The average molecular weight is 433 g/mol. The summed E-state index contributed by atoms with van der Waals surface area (Å²) < 4.78 is 5.57. The van der Waals surface area contributed by atoms with Crippen molar-refractivity contribution in [2.75, 3.05) is 31.6 Å². The molecular formula is C28H36N2O2. The molecule has 0 aromatic heterocycles. The SMILES string of the molecule is COc1ccc2c(c1)C1(CCN(Cc3ccccc3)CC1)CN2C(=O)CCC1CCCC1. The number of fused-ring (bicyclic) bond motifs is 2. The van der Waals surface area contributed by atoms with Crippen LogP contribution >= 0.6 is 0 Å². The molecule has 2 aliphatic heterocycles. The number of ether oxygens (including phenoxy) is 1. The highest BCUT2D eigenvalue weighted by Crippen LogP contribution is 2.48. The third-order valence-electron chi connectivity index (χ3n) is 8.13. The van der Waals surface area contributed by atoms with E-state index in [0.717, 1.165) is 62.8 Å². The fourth-order valence-electron chi connectivity index (χ4n) is 6.17. The summed E-state index contributed by atoms with van der Waals surface area (Å²) in [4.78, 5) is 18.0.